The topological polar surface area (TPSA) is 58.2 Å². The van der Waals surface area contributed by atoms with Crippen LogP contribution in [0.2, 0.25) is 0 Å². The average Bonchev–Trinajstić information content (AvgIpc) is 2.96. The number of amides is 2. The molecule has 0 bridgehead atoms. The van der Waals surface area contributed by atoms with E-state index in [0.717, 1.165) is 37.4 Å². The standard InChI is InChI=1S/C26H31F19N2O2/c1-2-3-4-5-6-7-8-13-16(48)46-14-11-9-10-12-15(14)47-17(49)18(27,28)19(29,30)20(31,32)21(33,34)22(35,36)23(37,38)24(39,40)25(41,42)26(43,44)45/h14-15H,2-13H2,1H3,(H,46,48)(H,47,49)/t14-,15-/m1/s1. The van der Waals surface area contributed by atoms with Crippen molar-refractivity contribution in [3.8, 4) is 0 Å². The Kier molecular flexibility index (Phi) is 13.7. The third kappa shape index (κ3) is 8.08. The number of hydrogen-bond acceptors (Lipinski definition) is 2. The monoisotopic (exact) mass is 764 g/mol. The van der Waals surface area contributed by atoms with Gasteiger partial charge in [-0.2, -0.15) is 83.4 Å². The summed E-state index contributed by atoms with van der Waals surface area (Å²) < 4.78 is 258. The van der Waals surface area contributed by atoms with Crippen molar-refractivity contribution >= 4 is 11.8 Å². The minimum Gasteiger partial charge on any atom is -0.351 e. The lowest BCUT2D eigenvalue weighted by Gasteiger charge is -2.43. The summed E-state index contributed by atoms with van der Waals surface area (Å²) in [5.41, 5.74) is 0. The number of carbonyl (C=O) groups is 2. The summed E-state index contributed by atoms with van der Waals surface area (Å²) in [6.45, 7) is 1.98. The fourth-order valence-electron chi connectivity index (χ4n) is 4.76. The molecule has 1 aliphatic rings. The molecule has 0 radical (unpaired) electrons. The lowest BCUT2D eigenvalue weighted by atomic mass is 9.86. The highest BCUT2D eigenvalue weighted by molar-refractivity contribution is 5.85. The molecule has 49 heavy (non-hydrogen) atoms. The van der Waals surface area contributed by atoms with E-state index in [4.69, 9.17) is 0 Å². The van der Waals surface area contributed by atoms with Gasteiger partial charge in [-0.1, -0.05) is 58.3 Å². The summed E-state index contributed by atoms with van der Waals surface area (Å²) in [5.74, 6) is -72.9. The minimum absolute atomic E-state index is 0.0106. The van der Waals surface area contributed by atoms with Crippen LogP contribution < -0.4 is 10.6 Å². The molecule has 0 unspecified atom stereocenters. The molecule has 1 rings (SSSR count). The van der Waals surface area contributed by atoms with E-state index in [0.29, 0.717) is 12.8 Å². The molecule has 1 aliphatic carbocycles. The number of carbonyl (C=O) groups excluding carboxylic acids is 2. The highest BCUT2D eigenvalue weighted by Gasteiger charge is 2.97. The SMILES string of the molecule is CCCCCCCCCC(=O)N[C@@H]1CCCC[C@H]1NC(=O)C(F)(F)C(F)(F)C(F)(F)C(F)(F)C(F)(F)C(F)(F)C(F)(F)C(F)(F)C(F)(F)F. The number of rotatable bonds is 18. The summed E-state index contributed by atoms with van der Waals surface area (Å²) in [5, 5.41) is 3.28. The molecule has 0 heterocycles. The van der Waals surface area contributed by atoms with E-state index in [1.807, 2.05) is 6.92 Å². The molecular formula is C26H31F19N2O2. The van der Waals surface area contributed by atoms with Crippen LogP contribution in [0, 0.1) is 0 Å². The lowest BCUT2D eigenvalue weighted by Crippen LogP contribution is -2.76. The number of halogens is 19. The fraction of sp³-hybridized carbons (Fsp3) is 0.923. The molecule has 0 aliphatic heterocycles. The Morgan fingerprint density at radius 1 is 0.490 bits per heavy atom. The van der Waals surface area contributed by atoms with Crippen LogP contribution in [-0.2, 0) is 9.59 Å². The number of unbranched alkanes of at least 4 members (excludes halogenated alkanes) is 6. The van der Waals surface area contributed by atoms with Crippen LogP contribution in [0.4, 0.5) is 83.4 Å². The van der Waals surface area contributed by atoms with Crippen LogP contribution in [0.5, 0.6) is 0 Å². The Morgan fingerprint density at radius 3 is 1.24 bits per heavy atom. The van der Waals surface area contributed by atoms with Gasteiger partial charge in [-0.25, -0.2) is 0 Å². The fourth-order valence-corrected chi connectivity index (χ4v) is 4.76. The maximum Gasteiger partial charge on any atom is 0.460 e. The van der Waals surface area contributed by atoms with Crippen molar-refractivity contribution in [2.24, 2.45) is 0 Å². The zero-order valence-corrected chi connectivity index (χ0v) is 25.1. The highest BCUT2D eigenvalue weighted by atomic mass is 19.4. The van der Waals surface area contributed by atoms with Crippen molar-refractivity contribution in [2.45, 2.75) is 150 Å². The predicted octanol–water partition coefficient (Wildman–Crippen LogP) is 9.32. The maximum absolute atomic E-state index is 14.4. The normalized spacial score (nSPS) is 19.5. The third-order valence-electron chi connectivity index (χ3n) is 7.84. The van der Waals surface area contributed by atoms with E-state index in [-0.39, 0.29) is 25.7 Å². The van der Waals surface area contributed by atoms with Crippen molar-refractivity contribution in [3.05, 3.63) is 0 Å². The Labute approximate surface area is 265 Å². The van der Waals surface area contributed by atoms with E-state index in [1.54, 1.807) is 0 Å². The van der Waals surface area contributed by atoms with E-state index in [9.17, 15) is 93.0 Å². The Morgan fingerprint density at radius 2 is 0.837 bits per heavy atom. The number of hydrogen-bond donors (Lipinski definition) is 2. The Hall–Kier alpha value is -2.39. The van der Waals surface area contributed by atoms with Crippen molar-refractivity contribution in [1.29, 1.82) is 0 Å². The molecule has 290 valence electrons. The second-order valence-electron chi connectivity index (χ2n) is 11.5. The van der Waals surface area contributed by atoms with E-state index in [1.165, 1.54) is 0 Å². The van der Waals surface area contributed by atoms with Crippen molar-refractivity contribution in [3.63, 3.8) is 0 Å². The van der Waals surface area contributed by atoms with Crippen LogP contribution in [-0.4, -0.2) is 77.5 Å². The van der Waals surface area contributed by atoms with Crippen LogP contribution in [0.15, 0.2) is 0 Å². The number of nitrogens with one attached hydrogen (secondary N) is 2. The molecule has 0 aromatic carbocycles. The summed E-state index contributed by atoms with van der Waals surface area (Å²) >= 11 is 0. The molecule has 0 spiro atoms. The third-order valence-corrected chi connectivity index (χ3v) is 7.84. The molecular weight excluding hydrogens is 733 g/mol. The molecule has 0 aromatic heterocycles. The maximum atomic E-state index is 14.4. The molecule has 1 fully saturated rings. The zero-order chi connectivity index (χ0) is 38.7. The number of alkyl halides is 19. The quantitative estimate of drug-likeness (QED) is 0.108. The molecule has 0 saturated heterocycles. The van der Waals surface area contributed by atoms with E-state index >= 15 is 0 Å². The van der Waals surface area contributed by atoms with Crippen LogP contribution in [0.3, 0.4) is 0 Å². The molecule has 2 N–H and O–H groups in total. The Balaban J connectivity index is 3.27. The molecule has 2 atom stereocenters. The summed E-state index contributed by atoms with van der Waals surface area (Å²) in [7, 11) is 0. The van der Waals surface area contributed by atoms with Gasteiger partial charge in [0.2, 0.25) is 5.91 Å². The molecule has 23 heteroatoms. The first-order valence-electron chi connectivity index (χ1n) is 14.5. The largest absolute Gasteiger partial charge is 0.460 e. The highest BCUT2D eigenvalue weighted by Crippen LogP contribution is 2.65. The lowest BCUT2D eigenvalue weighted by molar-refractivity contribution is -0.467. The van der Waals surface area contributed by atoms with Crippen LogP contribution >= 0.6 is 0 Å². The molecule has 0 aromatic rings. The van der Waals surface area contributed by atoms with Gasteiger partial charge in [0, 0.05) is 18.5 Å². The minimum atomic E-state index is -9.06. The van der Waals surface area contributed by atoms with Gasteiger partial charge in [0.15, 0.2) is 0 Å². The molecule has 2 amide bonds. The molecule has 1 saturated carbocycles. The second kappa shape index (κ2) is 15.1. The van der Waals surface area contributed by atoms with Crippen molar-refractivity contribution in [1.82, 2.24) is 10.6 Å². The Bertz CT molecular complexity index is 1120. The molecule has 4 nitrogen and oxygen atoms in total. The van der Waals surface area contributed by atoms with Gasteiger partial charge in [-0.05, 0) is 19.3 Å². The first-order valence-corrected chi connectivity index (χ1v) is 14.5. The van der Waals surface area contributed by atoms with Gasteiger partial charge in [0.05, 0.1) is 0 Å². The summed E-state index contributed by atoms with van der Waals surface area (Å²) in [4.78, 5) is 24.3. The van der Waals surface area contributed by atoms with Crippen molar-refractivity contribution in [2.75, 3.05) is 0 Å². The van der Waals surface area contributed by atoms with Crippen LogP contribution in [0.1, 0.15) is 84.0 Å². The summed E-state index contributed by atoms with van der Waals surface area (Å²) in [6, 6.07) is -3.20. The van der Waals surface area contributed by atoms with Gasteiger partial charge in [-0.3, -0.25) is 9.59 Å². The zero-order valence-electron chi connectivity index (χ0n) is 25.1. The van der Waals surface area contributed by atoms with Crippen molar-refractivity contribution < 1.29 is 93.0 Å². The average molecular weight is 765 g/mol. The predicted molar refractivity (Wildman–Crippen MR) is 131 cm³/mol. The van der Waals surface area contributed by atoms with Gasteiger partial charge in [0.25, 0.3) is 5.91 Å². The van der Waals surface area contributed by atoms with E-state index < -0.39 is 83.9 Å². The first kappa shape index (κ1) is 44.6. The smallest absolute Gasteiger partial charge is 0.351 e. The van der Waals surface area contributed by atoms with Gasteiger partial charge in [0.1, 0.15) is 0 Å². The van der Waals surface area contributed by atoms with Gasteiger partial charge in [-0.15, -0.1) is 0 Å². The van der Waals surface area contributed by atoms with Gasteiger partial charge >= 0.3 is 53.6 Å². The second-order valence-corrected chi connectivity index (χ2v) is 11.5. The summed E-state index contributed by atoms with van der Waals surface area (Å²) in [6.07, 6.45) is -3.18. The van der Waals surface area contributed by atoms with E-state index in [2.05, 4.69) is 5.32 Å². The van der Waals surface area contributed by atoms with Crippen LogP contribution in [0.25, 0.3) is 0 Å². The van der Waals surface area contributed by atoms with Gasteiger partial charge < -0.3 is 10.6 Å². The first-order chi connectivity index (χ1) is 21.8.